The van der Waals surface area contributed by atoms with Gasteiger partial charge in [-0.2, -0.15) is 0 Å². The summed E-state index contributed by atoms with van der Waals surface area (Å²) in [5, 5.41) is 4.84. The van der Waals surface area contributed by atoms with Gasteiger partial charge in [0.1, 0.15) is 6.04 Å². The Hall–Kier alpha value is -2.67. The van der Waals surface area contributed by atoms with Crippen molar-refractivity contribution in [1.29, 1.82) is 0 Å². The van der Waals surface area contributed by atoms with Gasteiger partial charge in [-0.1, -0.05) is 30.3 Å². The predicted molar refractivity (Wildman–Crippen MR) is 107 cm³/mol. The largest absolute Gasteiger partial charge is 0.344 e. The van der Waals surface area contributed by atoms with Crippen LogP contribution in [0.1, 0.15) is 36.9 Å². The van der Waals surface area contributed by atoms with Gasteiger partial charge in [-0.15, -0.1) is 11.3 Å². The molecule has 5 rings (SSSR count). The van der Waals surface area contributed by atoms with Gasteiger partial charge in [0.2, 0.25) is 11.8 Å². The number of hydrogen-bond acceptors (Lipinski definition) is 4. The summed E-state index contributed by atoms with van der Waals surface area (Å²) in [7, 11) is 0. The average molecular weight is 395 g/mol. The van der Waals surface area contributed by atoms with E-state index in [1.165, 1.54) is 5.56 Å². The molecule has 0 bridgehead atoms. The summed E-state index contributed by atoms with van der Waals surface area (Å²) in [4.78, 5) is 32.1. The minimum absolute atomic E-state index is 0.0212. The van der Waals surface area contributed by atoms with E-state index in [9.17, 15) is 9.59 Å². The number of carbonyl (C=O) groups is 2. The van der Waals surface area contributed by atoms with E-state index in [1.807, 2.05) is 22.5 Å². The van der Waals surface area contributed by atoms with Crippen LogP contribution in [0.15, 0.2) is 48.1 Å². The fraction of sp³-hybridized carbons (Fsp3) is 0.381. The van der Waals surface area contributed by atoms with Gasteiger partial charge in [-0.3, -0.25) is 14.0 Å². The number of thiazole rings is 1. The Morgan fingerprint density at radius 2 is 2.00 bits per heavy atom. The minimum Gasteiger partial charge on any atom is -0.344 e. The number of hydrogen-bond donors (Lipinski definition) is 1. The summed E-state index contributed by atoms with van der Waals surface area (Å²) >= 11 is 1.64. The summed E-state index contributed by atoms with van der Waals surface area (Å²) in [6.07, 6.45) is 6.88. The Morgan fingerprint density at radius 1 is 1.21 bits per heavy atom. The topological polar surface area (TPSA) is 66.7 Å². The zero-order chi connectivity index (χ0) is 19.1. The molecule has 0 radical (unpaired) electrons. The second kappa shape index (κ2) is 6.74. The van der Waals surface area contributed by atoms with Crippen molar-refractivity contribution in [2.45, 2.75) is 37.1 Å². The Labute approximate surface area is 167 Å². The third kappa shape index (κ3) is 2.81. The Bertz CT molecular complexity index is 989. The molecule has 2 fully saturated rings. The molecule has 0 aliphatic carbocycles. The molecule has 0 saturated carbocycles. The molecule has 1 aromatic carbocycles. The number of aromatic nitrogens is 2. The minimum atomic E-state index is -0.352. The fourth-order valence-corrected chi connectivity index (χ4v) is 5.24. The van der Waals surface area contributed by atoms with E-state index in [0.29, 0.717) is 25.9 Å². The zero-order valence-corrected chi connectivity index (χ0v) is 16.3. The first kappa shape index (κ1) is 17.4. The molecule has 6 nitrogen and oxygen atoms in total. The van der Waals surface area contributed by atoms with Crippen LogP contribution in [0.25, 0.3) is 4.96 Å². The lowest BCUT2D eigenvalue weighted by Crippen LogP contribution is -2.51. The molecule has 1 atom stereocenters. The van der Waals surface area contributed by atoms with Crippen molar-refractivity contribution in [3.63, 3.8) is 0 Å². The average Bonchev–Trinajstić information content (AvgIpc) is 3.44. The number of likely N-dealkylation sites (tertiary alicyclic amines) is 1. The molecular weight excluding hydrogens is 372 g/mol. The van der Waals surface area contributed by atoms with Gasteiger partial charge in [0, 0.05) is 42.7 Å². The quantitative estimate of drug-likeness (QED) is 0.743. The molecular formula is C21H22N4O2S. The van der Waals surface area contributed by atoms with Gasteiger partial charge in [0.15, 0.2) is 4.96 Å². The van der Waals surface area contributed by atoms with Crippen LogP contribution in [0.4, 0.5) is 0 Å². The molecule has 2 aliphatic rings. The number of benzene rings is 1. The van der Waals surface area contributed by atoms with Crippen LogP contribution in [0.3, 0.4) is 0 Å². The number of piperidine rings is 1. The van der Waals surface area contributed by atoms with E-state index in [2.05, 4.69) is 40.2 Å². The summed E-state index contributed by atoms with van der Waals surface area (Å²) in [6.45, 7) is 1.34. The number of nitrogens with zero attached hydrogens (tertiary/aromatic N) is 3. The van der Waals surface area contributed by atoms with E-state index >= 15 is 0 Å². The molecule has 4 heterocycles. The number of fused-ring (bicyclic) bond motifs is 1. The van der Waals surface area contributed by atoms with Gasteiger partial charge >= 0.3 is 0 Å². The van der Waals surface area contributed by atoms with Crippen LogP contribution >= 0.6 is 11.3 Å². The van der Waals surface area contributed by atoms with Gasteiger partial charge in [-0.25, -0.2) is 4.98 Å². The maximum atomic E-state index is 12.8. The fourth-order valence-electron chi connectivity index (χ4n) is 4.54. The van der Waals surface area contributed by atoms with Crippen molar-refractivity contribution in [3.05, 3.63) is 59.4 Å². The third-order valence-corrected chi connectivity index (χ3v) is 6.90. The Morgan fingerprint density at radius 3 is 2.68 bits per heavy atom. The Kier molecular flexibility index (Phi) is 4.19. The van der Waals surface area contributed by atoms with Crippen LogP contribution in [0, 0.1) is 0 Å². The molecule has 2 saturated heterocycles. The van der Waals surface area contributed by atoms with Crippen LogP contribution in [-0.4, -0.2) is 45.2 Å². The number of imidazole rings is 1. The van der Waals surface area contributed by atoms with Crippen molar-refractivity contribution in [1.82, 2.24) is 19.6 Å². The van der Waals surface area contributed by atoms with Crippen molar-refractivity contribution in [3.8, 4) is 0 Å². The summed E-state index contributed by atoms with van der Waals surface area (Å²) < 4.78 is 2.08. The summed E-state index contributed by atoms with van der Waals surface area (Å²) in [5.41, 5.74) is 2.14. The lowest BCUT2D eigenvalue weighted by Gasteiger charge is -2.42. The first-order valence-electron chi connectivity index (χ1n) is 9.72. The predicted octanol–water partition coefficient (Wildman–Crippen LogP) is 2.58. The third-order valence-electron chi connectivity index (χ3n) is 6.13. The normalized spacial score (nSPS) is 21.8. The highest BCUT2D eigenvalue weighted by Crippen LogP contribution is 2.41. The summed E-state index contributed by atoms with van der Waals surface area (Å²) in [5.74, 6) is 0.0328. The molecule has 2 amide bonds. The van der Waals surface area contributed by atoms with Gasteiger partial charge in [0.25, 0.3) is 0 Å². The highest BCUT2D eigenvalue weighted by Gasteiger charge is 2.42. The molecule has 2 aromatic heterocycles. The van der Waals surface area contributed by atoms with Gasteiger partial charge in [-0.05, 0) is 24.8 Å². The van der Waals surface area contributed by atoms with Crippen molar-refractivity contribution in [2.75, 3.05) is 13.1 Å². The molecule has 1 N–H and O–H groups in total. The van der Waals surface area contributed by atoms with Crippen molar-refractivity contribution in [2.24, 2.45) is 0 Å². The van der Waals surface area contributed by atoms with E-state index in [-0.39, 0.29) is 23.3 Å². The second-order valence-corrected chi connectivity index (χ2v) is 8.52. The van der Waals surface area contributed by atoms with Crippen LogP contribution in [0.5, 0.6) is 0 Å². The van der Waals surface area contributed by atoms with Crippen molar-refractivity contribution >= 4 is 28.1 Å². The molecule has 2 aliphatic heterocycles. The lowest BCUT2D eigenvalue weighted by molar-refractivity contribution is -0.135. The van der Waals surface area contributed by atoms with E-state index in [0.717, 1.165) is 23.5 Å². The second-order valence-electron chi connectivity index (χ2n) is 7.65. The maximum absolute atomic E-state index is 12.8. The monoisotopic (exact) mass is 394 g/mol. The van der Waals surface area contributed by atoms with Gasteiger partial charge < -0.3 is 10.2 Å². The highest BCUT2D eigenvalue weighted by molar-refractivity contribution is 7.15. The zero-order valence-electron chi connectivity index (χ0n) is 15.5. The molecule has 7 heteroatoms. The number of carbonyl (C=O) groups excluding carboxylic acids is 2. The maximum Gasteiger partial charge on any atom is 0.245 e. The van der Waals surface area contributed by atoms with Crippen LogP contribution < -0.4 is 5.32 Å². The number of amides is 2. The first-order valence-corrected chi connectivity index (χ1v) is 10.6. The molecule has 28 heavy (non-hydrogen) atoms. The number of rotatable bonds is 3. The van der Waals surface area contributed by atoms with E-state index in [4.69, 9.17) is 4.98 Å². The molecule has 0 spiro atoms. The highest BCUT2D eigenvalue weighted by atomic mass is 32.1. The van der Waals surface area contributed by atoms with E-state index in [1.54, 1.807) is 11.3 Å². The van der Waals surface area contributed by atoms with Crippen LogP contribution in [-0.2, 0) is 15.0 Å². The van der Waals surface area contributed by atoms with E-state index < -0.39 is 0 Å². The standard InChI is InChI=1S/C21H22N4O2S/c26-18-7-6-16(22-18)19(27)24-10-8-21(9-11-24,15-4-2-1-3-5-15)17-14-25-12-13-28-20(25)23-17/h1-5,12-14,16H,6-11H2,(H,22,26)/t16-/m1/s1. The van der Waals surface area contributed by atoms with Gasteiger partial charge in [0.05, 0.1) is 5.69 Å². The first-order chi connectivity index (χ1) is 13.7. The lowest BCUT2D eigenvalue weighted by atomic mass is 9.70. The smallest absolute Gasteiger partial charge is 0.245 e. The van der Waals surface area contributed by atoms with Crippen LogP contribution in [0.2, 0.25) is 0 Å². The Balaban J connectivity index is 1.44. The number of nitrogens with one attached hydrogen (secondary N) is 1. The molecule has 3 aromatic rings. The molecule has 144 valence electrons. The SMILES string of the molecule is O=C1CC[C@H](C(=O)N2CCC(c3ccccc3)(c3cn4ccsc4n3)CC2)N1. The summed E-state index contributed by atoms with van der Waals surface area (Å²) in [6, 6.07) is 10.2. The van der Waals surface area contributed by atoms with Crippen molar-refractivity contribution < 1.29 is 9.59 Å². The molecule has 0 unspecified atom stereocenters.